The Morgan fingerprint density at radius 1 is 0.948 bits per heavy atom. The van der Waals surface area contributed by atoms with E-state index in [9.17, 15) is 24.3 Å². The minimum Gasteiger partial charge on any atom is -0.476 e. The summed E-state index contributed by atoms with van der Waals surface area (Å²) in [4.78, 5) is 64.8. The average Bonchev–Trinajstić information content (AvgIpc) is 3.83. The lowest BCUT2D eigenvalue weighted by Gasteiger charge is -2.57. The predicted octanol–water partition coefficient (Wildman–Crippen LogP) is 5.31. The molecule has 3 N–H and O–H groups in total. The summed E-state index contributed by atoms with van der Waals surface area (Å²) in [6.07, 6.45) is 3.98. The number of carboxylic acid groups (broad SMARTS) is 1. The van der Waals surface area contributed by atoms with Crippen LogP contribution >= 0.6 is 11.6 Å². The molecule has 7 heterocycles. The number of aromatic nitrogens is 4. The first-order valence-corrected chi connectivity index (χ1v) is 19.2. The maximum Gasteiger partial charge on any atom is 0.356 e. The Kier molecular flexibility index (Phi) is 9.04. The smallest absolute Gasteiger partial charge is 0.356 e. The number of alkyl halides is 2. The van der Waals surface area contributed by atoms with Gasteiger partial charge in [0.15, 0.2) is 17.2 Å². The molecule has 15 nitrogen and oxygen atoms in total. The number of carbonyl (C=O) groups is 4. The number of aromatic carboxylic acids is 1. The highest BCUT2D eigenvalue weighted by Crippen LogP contribution is 2.51. The minimum atomic E-state index is -3.13. The fourth-order valence-electron chi connectivity index (χ4n) is 8.60. The van der Waals surface area contributed by atoms with Crippen molar-refractivity contribution >= 4 is 63.9 Å². The molecule has 3 fully saturated rings. The van der Waals surface area contributed by atoms with Gasteiger partial charge >= 0.3 is 12.0 Å². The van der Waals surface area contributed by atoms with Gasteiger partial charge in [0.05, 0.1) is 40.2 Å². The third-order valence-corrected chi connectivity index (χ3v) is 12.0. The van der Waals surface area contributed by atoms with Crippen molar-refractivity contribution in [3.05, 3.63) is 94.4 Å². The summed E-state index contributed by atoms with van der Waals surface area (Å²) in [7, 11) is 1.75. The fraction of sp³-hybridized carbons (Fsp3) is 0.325. The number of imidazole rings is 1. The number of hydrogen-bond donors (Lipinski definition) is 3. The zero-order valence-electron chi connectivity index (χ0n) is 31.2. The van der Waals surface area contributed by atoms with E-state index in [1.807, 2.05) is 46.2 Å². The van der Waals surface area contributed by atoms with Crippen LogP contribution in [0, 0.1) is 5.41 Å². The molecule has 0 bridgehead atoms. The second-order valence-corrected chi connectivity index (χ2v) is 15.5. The number of halogens is 3. The third-order valence-electron chi connectivity index (χ3n) is 11.7. The molecule has 3 saturated heterocycles. The number of imide groups is 1. The van der Waals surface area contributed by atoms with Gasteiger partial charge in [-0.2, -0.15) is 0 Å². The standard InChI is InChI=1S/C40H37ClF2N10O5/c1-44-29-16-33(48-53-32(37(56)57)18-46-35(29)53)51-12-9-26-25(3-2-4-30(26)51)28-8-5-23(17-45-28)19-49-20-39(21-49)11-14-50(22-40(39,42)43)36(55)24-6-7-27(41)31(15-24)52-13-10-34(54)47-38(52)58/h2-8,15-18,44H,9-14,19-22H2,1H3,(H,56,57)(H,47,54,58). The van der Waals surface area contributed by atoms with E-state index in [-0.39, 0.29) is 61.0 Å². The zero-order chi connectivity index (χ0) is 40.5. The number of pyridine rings is 1. The quantitative estimate of drug-likeness (QED) is 0.186. The molecule has 0 aliphatic carbocycles. The van der Waals surface area contributed by atoms with Crippen molar-refractivity contribution in [1.82, 2.24) is 34.7 Å². The second-order valence-electron chi connectivity index (χ2n) is 15.1. The van der Waals surface area contributed by atoms with E-state index in [4.69, 9.17) is 16.6 Å². The van der Waals surface area contributed by atoms with E-state index in [1.54, 1.807) is 13.2 Å². The number of carbonyl (C=O) groups excluding carboxylic acids is 3. The molecule has 58 heavy (non-hydrogen) atoms. The molecule has 4 amide bonds. The Morgan fingerprint density at radius 3 is 2.48 bits per heavy atom. The van der Waals surface area contributed by atoms with Gasteiger partial charge in [0.1, 0.15) is 0 Å². The number of anilines is 4. The van der Waals surface area contributed by atoms with E-state index in [0.717, 1.165) is 33.0 Å². The highest BCUT2D eigenvalue weighted by molar-refractivity contribution is 6.34. The lowest BCUT2D eigenvalue weighted by molar-refractivity contribution is -0.220. The molecule has 9 rings (SSSR count). The number of benzene rings is 2. The summed E-state index contributed by atoms with van der Waals surface area (Å²) in [5.41, 5.74) is 4.78. The Bertz CT molecular complexity index is 2530. The van der Waals surface area contributed by atoms with E-state index in [2.05, 4.69) is 20.7 Å². The molecule has 0 atom stereocenters. The van der Waals surface area contributed by atoms with Crippen molar-refractivity contribution in [1.29, 1.82) is 0 Å². The normalized spacial score (nSPS) is 18.7. The van der Waals surface area contributed by atoms with Gasteiger partial charge in [0.25, 0.3) is 11.8 Å². The summed E-state index contributed by atoms with van der Waals surface area (Å²) in [5, 5.41) is 19.8. The van der Waals surface area contributed by atoms with Crippen LogP contribution in [-0.2, 0) is 17.8 Å². The maximum atomic E-state index is 15.9. The lowest BCUT2D eigenvalue weighted by Crippen LogP contribution is -2.70. The Morgan fingerprint density at radius 2 is 1.76 bits per heavy atom. The second kappa shape index (κ2) is 14.0. The highest BCUT2D eigenvalue weighted by atomic mass is 35.5. The van der Waals surface area contributed by atoms with Crippen LogP contribution < -0.4 is 20.4 Å². The van der Waals surface area contributed by atoms with Crippen LogP contribution in [0.4, 0.5) is 36.5 Å². The number of piperidine rings is 1. The number of carboxylic acids is 1. The minimum absolute atomic E-state index is 0.0385. The molecule has 0 radical (unpaired) electrons. The van der Waals surface area contributed by atoms with Crippen LogP contribution in [0.15, 0.2) is 67.0 Å². The third kappa shape index (κ3) is 6.25. The average molecular weight is 811 g/mol. The molecule has 0 saturated carbocycles. The largest absolute Gasteiger partial charge is 0.476 e. The number of rotatable bonds is 8. The van der Waals surface area contributed by atoms with Crippen LogP contribution in [0.3, 0.4) is 0 Å². The zero-order valence-corrected chi connectivity index (χ0v) is 32.0. The van der Waals surface area contributed by atoms with Crippen molar-refractivity contribution < 1.29 is 33.1 Å². The summed E-state index contributed by atoms with van der Waals surface area (Å²) in [5.74, 6) is -4.67. The number of nitrogens with one attached hydrogen (secondary N) is 2. The van der Waals surface area contributed by atoms with Gasteiger partial charge in [0.2, 0.25) is 5.91 Å². The van der Waals surface area contributed by atoms with Crippen molar-refractivity contribution in [3.63, 3.8) is 0 Å². The molecule has 2 aromatic carbocycles. The first-order chi connectivity index (χ1) is 27.8. The van der Waals surface area contributed by atoms with E-state index >= 15 is 8.78 Å². The molecule has 4 aliphatic rings. The van der Waals surface area contributed by atoms with Crippen molar-refractivity contribution in [2.75, 3.05) is 61.4 Å². The SMILES string of the molecule is CNc1cc(N2CCc3c(-c4ccc(CN5CC6(CCN(C(=O)c7ccc(Cl)c(N8CCC(=O)NC8=O)c7)CC6(F)F)C5)cn4)cccc32)nn2c(C(=O)O)cnc12. The van der Waals surface area contributed by atoms with Crippen molar-refractivity contribution in [3.8, 4) is 11.3 Å². The number of amides is 4. The number of likely N-dealkylation sites (tertiary alicyclic amines) is 2. The molecule has 3 aromatic heterocycles. The lowest BCUT2D eigenvalue weighted by atomic mass is 9.69. The van der Waals surface area contributed by atoms with Gasteiger partial charge in [-0.25, -0.2) is 27.9 Å². The Hall–Kier alpha value is -6.20. The van der Waals surface area contributed by atoms with Gasteiger partial charge in [-0.1, -0.05) is 29.8 Å². The molecule has 298 valence electrons. The van der Waals surface area contributed by atoms with Gasteiger partial charge in [-0.15, -0.1) is 5.10 Å². The summed E-state index contributed by atoms with van der Waals surface area (Å²) in [6, 6.07) is 15.4. The number of nitrogens with zero attached hydrogens (tertiary/aromatic N) is 8. The molecular weight excluding hydrogens is 774 g/mol. The maximum absolute atomic E-state index is 15.9. The number of fused-ring (bicyclic) bond motifs is 2. The first-order valence-electron chi connectivity index (χ1n) is 18.8. The predicted molar refractivity (Wildman–Crippen MR) is 210 cm³/mol. The molecular formula is C40H37ClF2N10O5. The van der Waals surface area contributed by atoms with Crippen LogP contribution in [0.25, 0.3) is 16.9 Å². The Balaban J connectivity index is 0.848. The fourth-order valence-corrected chi connectivity index (χ4v) is 8.82. The van der Waals surface area contributed by atoms with Gasteiger partial charge in [-0.05, 0) is 54.3 Å². The molecule has 1 spiro atoms. The monoisotopic (exact) mass is 810 g/mol. The van der Waals surface area contributed by atoms with E-state index < -0.39 is 41.7 Å². The topological polar surface area (TPSA) is 169 Å². The van der Waals surface area contributed by atoms with Gasteiger partial charge < -0.3 is 20.2 Å². The summed E-state index contributed by atoms with van der Waals surface area (Å²) in [6.45, 7) is 0.957. The Labute approximate surface area is 335 Å². The summed E-state index contributed by atoms with van der Waals surface area (Å²) < 4.78 is 33.1. The molecule has 5 aromatic rings. The van der Waals surface area contributed by atoms with Gasteiger partial charge in [0, 0.05) is 81.8 Å². The molecule has 0 unspecified atom stereocenters. The highest BCUT2D eigenvalue weighted by Gasteiger charge is 2.62. The van der Waals surface area contributed by atoms with Gasteiger partial charge in [-0.3, -0.25) is 29.7 Å². The van der Waals surface area contributed by atoms with Crippen LogP contribution in [0.1, 0.15) is 44.8 Å². The van der Waals surface area contributed by atoms with Crippen molar-refractivity contribution in [2.24, 2.45) is 5.41 Å². The number of urea groups is 1. The van der Waals surface area contributed by atoms with E-state index in [1.165, 1.54) is 33.8 Å². The number of hydrogen-bond acceptors (Lipinski definition) is 10. The molecule has 18 heteroatoms. The van der Waals surface area contributed by atoms with Crippen LogP contribution in [0.5, 0.6) is 0 Å². The van der Waals surface area contributed by atoms with E-state index in [0.29, 0.717) is 36.7 Å². The van der Waals surface area contributed by atoms with Crippen LogP contribution in [-0.4, -0.2) is 111 Å². The van der Waals surface area contributed by atoms with Crippen molar-refractivity contribution in [2.45, 2.75) is 31.7 Å². The van der Waals surface area contributed by atoms with Crippen LogP contribution in [0.2, 0.25) is 5.02 Å². The molecule has 4 aliphatic heterocycles. The summed E-state index contributed by atoms with van der Waals surface area (Å²) >= 11 is 6.33. The first kappa shape index (κ1) is 37.4.